The normalized spacial score (nSPS) is 15.6. The molecule has 1 aromatic heterocycles. The Labute approximate surface area is 108 Å². The molecule has 0 saturated carbocycles. The van der Waals surface area contributed by atoms with E-state index in [-0.39, 0.29) is 5.56 Å². The topological polar surface area (TPSA) is 38.1 Å². The van der Waals surface area contributed by atoms with Gasteiger partial charge in [0.05, 0.1) is 18.4 Å². The largest absolute Gasteiger partial charge is 0.370 e. The van der Waals surface area contributed by atoms with Gasteiger partial charge in [0.1, 0.15) is 0 Å². The van der Waals surface area contributed by atoms with Gasteiger partial charge in [-0.05, 0) is 33.1 Å². The first-order valence-corrected chi connectivity index (χ1v) is 6.62. The van der Waals surface area contributed by atoms with Crippen molar-refractivity contribution in [1.82, 2.24) is 9.78 Å². The van der Waals surface area contributed by atoms with Crippen molar-refractivity contribution in [3.05, 3.63) is 34.3 Å². The van der Waals surface area contributed by atoms with Crippen LogP contribution < -0.4 is 10.5 Å². The number of allylic oxidation sites excluding steroid dienone is 2. The van der Waals surface area contributed by atoms with Crippen molar-refractivity contribution in [3.8, 4) is 0 Å². The Balaban J connectivity index is 2.14. The quantitative estimate of drug-likeness (QED) is 0.769. The van der Waals surface area contributed by atoms with E-state index in [2.05, 4.69) is 10.00 Å². The molecule has 1 fully saturated rings. The molecule has 0 atom stereocenters. The van der Waals surface area contributed by atoms with E-state index in [1.165, 1.54) is 29.5 Å². The predicted octanol–water partition coefficient (Wildman–Crippen LogP) is 2.20. The molecule has 4 heteroatoms. The summed E-state index contributed by atoms with van der Waals surface area (Å²) in [4.78, 5) is 14.2. The lowest BCUT2D eigenvalue weighted by Crippen LogP contribution is -2.32. The SMILES string of the molecule is CC(C)=CCn1ncc(N2CCCCC2)cc1=O. The van der Waals surface area contributed by atoms with Crippen LogP contribution in [0.15, 0.2) is 28.7 Å². The molecule has 4 nitrogen and oxygen atoms in total. The van der Waals surface area contributed by atoms with Crippen molar-refractivity contribution < 1.29 is 0 Å². The third kappa shape index (κ3) is 3.22. The van der Waals surface area contributed by atoms with E-state index >= 15 is 0 Å². The van der Waals surface area contributed by atoms with Gasteiger partial charge in [-0.1, -0.05) is 11.6 Å². The summed E-state index contributed by atoms with van der Waals surface area (Å²) in [5.41, 5.74) is 2.15. The lowest BCUT2D eigenvalue weighted by Gasteiger charge is -2.28. The minimum absolute atomic E-state index is 0.0180. The van der Waals surface area contributed by atoms with Crippen LogP contribution in [-0.4, -0.2) is 22.9 Å². The van der Waals surface area contributed by atoms with Crippen LogP contribution in [0.5, 0.6) is 0 Å². The molecule has 1 aromatic rings. The van der Waals surface area contributed by atoms with Crippen LogP contribution in [-0.2, 0) is 6.54 Å². The fraction of sp³-hybridized carbons (Fsp3) is 0.571. The van der Waals surface area contributed by atoms with E-state index < -0.39 is 0 Å². The van der Waals surface area contributed by atoms with E-state index in [0.29, 0.717) is 6.54 Å². The fourth-order valence-corrected chi connectivity index (χ4v) is 2.16. The Bertz CT molecular complexity index is 480. The maximum absolute atomic E-state index is 11.9. The van der Waals surface area contributed by atoms with Crippen molar-refractivity contribution in [2.45, 2.75) is 39.7 Å². The van der Waals surface area contributed by atoms with Crippen molar-refractivity contribution in [2.75, 3.05) is 18.0 Å². The highest BCUT2D eigenvalue weighted by Crippen LogP contribution is 2.16. The van der Waals surface area contributed by atoms with Gasteiger partial charge in [-0.3, -0.25) is 4.79 Å². The minimum Gasteiger partial charge on any atom is -0.370 e. The first-order valence-electron chi connectivity index (χ1n) is 6.62. The minimum atomic E-state index is -0.0180. The Morgan fingerprint density at radius 3 is 2.67 bits per heavy atom. The van der Waals surface area contributed by atoms with Crippen LogP contribution in [0.2, 0.25) is 0 Å². The molecule has 0 bridgehead atoms. The number of anilines is 1. The lowest BCUT2D eigenvalue weighted by molar-refractivity contribution is 0.572. The Kier molecular flexibility index (Phi) is 4.18. The third-order valence-electron chi connectivity index (χ3n) is 3.25. The first kappa shape index (κ1) is 12.9. The zero-order valence-corrected chi connectivity index (χ0v) is 11.2. The molecule has 1 aliphatic heterocycles. The van der Waals surface area contributed by atoms with Crippen molar-refractivity contribution in [3.63, 3.8) is 0 Å². The fourth-order valence-electron chi connectivity index (χ4n) is 2.16. The molecule has 0 radical (unpaired) electrons. The molecule has 0 amide bonds. The van der Waals surface area contributed by atoms with Crippen molar-refractivity contribution in [1.29, 1.82) is 0 Å². The van der Waals surface area contributed by atoms with Gasteiger partial charge in [0.2, 0.25) is 0 Å². The molecule has 1 aliphatic rings. The molecule has 0 spiro atoms. The van der Waals surface area contributed by atoms with Gasteiger partial charge in [0.25, 0.3) is 5.56 Å². The van der Waals surface area contributed by atoms with Gasteiger partial charge < -0.3 is 4.90 Å². The summed E-state index contributed by atoms with van der Waals surface area (Å²) in [5.74, 6) is 0. The Morgan fingerprint density at radius 2 is 2.06 bits per heavy atom. The smallest absolute Gasteiger partial charge is 0.269 e. The second-order valence-corrected chi connectivity index (χ2v) is 5.06. The van der Waals surface area contributed by atoms with Crippen molar-refractivity contribution in [2.24, 2.45) is 0 Å². The summed E-state index contributed by atoms with van der Waals surface area (Å²) in [7, 11) is 0. The number of piperidine rings is 1. The summed E-state index contributed by atoms with van der Waals surface area (Å²) >= 11 is 0. The summed E-state index contributed by atoms with van der Waals surface area (Å²) in [6, 6.07) is 1.71. The lowest BCUT2D eigenvalue weighted by atomic mass is 10.1. The van der Waals surface area contributed by atoms with Gasteiger partial charge in [-0.25, -0.2) is 4.68 Å². The van der Waals surface area contributed by atoms with Crippen LogP contribution >= 0.6 is 0 Å². The predicted molar refractivity (Wildman–Crippen MR) is 74.0 cm³/mol. The molecule has 0 aromatic carbocycles. The second-order valence-electron chi connectivity index (χ2n) is 5.06. The van der Waals surface area contributed by atoms with E-state index in [4.69, 9.17) is 0 Å². The molecule has 0 N–H and O–H groups in total. The third-order valence-corrected chi connectivity index (χ3v) is 3.25. The van der Waals surface area contributed by atoms with Crippen molar-refractivity contribution >= 4 is 5.69 Å². The van der Waals surface area contributed by atoms with E-state index in [1.54, 1.807) is 6.07 Å². The Hall–Kier alpha value is -1.58. The van der Waals surface area contributed by atoms with Gasteiger partial charge in [-0.2, -0.15) is 5.10 Å². The summed E-state index contributed by atoms with van der Waals surface area (Å²) in [6.07, 6.45) is 7.53. The number of nitrogens with zero attached hydrogens (tertiary/aromatic N) is 3. The maximum Gasteiger partial charge on any atom is 0.269 e. The van der Waals surface area contributed by atoms with E-state index in [0.717, 1.165) is 18.8 Å². The van der Waals surface area contributed by atoms with Crippen LogP contribution in [0.25, 0.3) is 0 Å². The number of rotatable bonds is 3. The highest BCUT2D eigenvalue weighted by atomic mass is 16.1. The van der Waals surface area contributed by atoms with Crippen LogP contribution in [0.4, 0.5) is 5.69 Å². The average molecular weight is 247 g/mol. The molecule has 2 rings (SSSR count). The van der Waals surface area contributed by atoms with Gasteiger partial charge in [-0.15, -0.1) is 0 Å². The summed E-state index contributed by atoms with van der Waals surface area (Å²) in [5, 5.41) is 4.24. The first-order chi connectivity index (χ1) is 8.66. The molecule has 18 heavy (non-hydrogen) atoms. The van der Waals surface area contributed by atoms with Crippen LogP contribution in [0, 0.1) is 0 Å². The number of hydrogen-bond donors (Lipinski definition) is 0. The standard InChI is InChI=1S/C14H21N3O/c1-12(2)6-9-17-14(18)10-13(11-15-17)16-7-4-3-5-8-16/h6,10-11H,3-5,7-9H2,1-2H3. The molecular weight excluding hydrogens is 226 g/mol. The zero-order valence-electron chi connectivity index (χ0n) is 11.2. The highest BCUT2D eigenvalue weighted by Gasteiger charge is 2.12. The number of aromatic nitrogens is 2. The molecule has 1 saturated heterocycles. The average Bonchev–Trinajstić information content (AvgIpc) is 2.38. The zero-order chi connectivity index (χ0) is 13.0. The monoisotopic (exact) mass is 247 g/mol. The molecular formula is C14H21N3O. The number of hydrogen-bond acceptors (Lipinski definition) is 3. The molecule has 0 unspecified atom stereocenters. The van der Waals surface area contributed by atoms with Crippen LogP contribution in [0.3, 0.4) is 0 Å². The maximum atomic E-state index is 11.9. The second kappa shape index (κ2) is 5.85. The highest BCUT2D eigenvalue weighted by molar-refractivity contribution is 5.43. The van der Waals surface area contributed by atoms with Gasteiger partial charge in [0, 0.05) is 19.2 Å². The summed E-state index contributed by atoms with van der Waals surface area (Å²) in [6.45, 7) is 6.68. The molecule has 98 valence electrons. The van der Waals surface area contributed by atoms with Gasteiger partial charge in [0.15, 0.2) is 0 Å². The molecule has 0 aliphatic carbocycles. The Morgan fingerprint density at radius 1 is 1.33 bits per heavy atom. The van der Waals surface area contributed by atoms with E-state index in [9.17, 15) is 4.79 Å². The van der Waals surface area contributed by atoms with Gasteiger partial charge >= 0.3 is 0 Å². The van der Waals surface area contributed by atoms with E-state index in [1.807, 2.05) is 26.1 Å². The molecule has 2 heterocycles. The summed E-state index contributed by atoms with van der Waals surface area (Å²) < 4.78 is 1.50. The van der Waals surface area contributed by atoms with Crippen LogP contribution in [0.1, 0.15) is 33.1 Å².